The molecule has 5 N–H and O–H groups in total. The molecule has 2 aliphatic rings. The van der Waals surface area contributed by atoms with Gasteiger partial charge in [-0.15, -0.1) is 0 Å². The van der Waals surface area contributed by atoms with Gasteiger partial charge >= 0.3 is 0 Å². The fourth-order valence-electron chi connectivity index (χ4n) is 2.07. The Balaban J connectivity index is 2.24. The van der Waals surface area contributed by atoms with E-state index < -0.39 is 24.0 Å². The van der Waals surface area contributed by atoms with Gasteiger partial charge < -0.3 is 20.4 Å². The molecule has 0 aliphatic carbocycles. The molecule has 0 amide bonds. The third kappa shape index (κ3) is 0.982. The summed E-state index contributed by atoms with van der Waals surface area (Å²) in [4.78, 5) is 0. The standard InChI is InChI=1S/C7H13NO4/c9-4-1-3-5(10)2-7(12,8-3)6(4)11/h3-6,8-12H,1-2H2/t3-,4+,5+,6-,7+/m1/s1. The smallest absolute Gasteiger partial charge is 0.147 e. The Morgan fingerprint density at radius 1 is 1.17 bits per heavy atom. The van der Waals surface area contributed by atoms with Crippen molar-refractivity contribution in [3.05, 3.63) is 0 Å². The van der Waals surface area contributed by atoms with Crippen LogP contribution in [0.3, 0.4) is 0 Å². The van der Waals surface area contributed by atoms with E-state index in [1.807, 2.05) is 0 Å². The topological polar surface area (TPSA) is 93.0 Å². The summed E-state index contributed by atoms with van der Waals surface area (Å²) >= 11 is 0. The summed E-state index contributed by atoms with van der Waals surface area (Å²) in [6, 6.07) is -0.298. The van der Waals surface area contributed by atoms with Crippen LogP contribution in [-0.4, -0.2) is 50.5 Å². The molecular weight excluding hydrogens is 162 g/mol. The molecular formula is C7H13NO4. The molecule has 2 bridgehead atoms. The Kier molecular flexibility index (Phi) is 1.68. The second kappa shape index (κ2) is 2.40. The van der Waals surface area contributed by atoms with Crippen molar-refractivity contribution < 1.29 is 20.4 Å². The van der Waals surface area contributed by atoms with E-state index in [0.717, 1.165) is 0 Å². The first-order chi connectivity index (χ1) is 5.53. The Bertz CT molecular complexity index is 196. The normalized spacial score (nSPS) is 59.0. The number of fused-ring (bicyclic) bond motifs is 2. The number of rotatable bonds is 0. The van der Waals surface area contributed by atoms with Gasteiger partial charge in [-0.1, -0.05) is 0 Å². The Morgan fingerprint density at radius 2 is 1.83 bits per heavy atom. The number of hydrogen-bond acceptors (Lipinski definition) is 5. The SMILES string of the molecule is O[C@@H]1[C@@H](O)C[C@H]2N[C@]1(O)C[C@@H]2O. The summed E-state index contributed by atoms with van der Waals surface area (Å²) in [5, 5.41) is 40.3. The van der Waals surface area contributed by atoms with Crippen LogP contribution >= 0.6 is 0 Å². The highest BCUT2D eigenvalue weighted by Gasteiger charge is 2.54. The first-order valence-corrected chi connectivity index (χ1v) is 4.07. The van der Waals surface area contributed by atoms with Gasteiger partial charge in [-0.25, -0.2) is 0 Å². The second-order valence-electron chi connectivity index (χ2n) is 3.69. The second-order valence-corrected chi connectivity index (χ2v) is 3.69. The van der Waals surface area contributed by atoms with E-state index in [9.17, 15) is 20.4 Å². The lowest BCUT2D eigenvalue weighted by molar-refractivity contribution is -0.153. The molecule has 0 spiro atoms. The van der Waals surface area contributed by atoms with Crippen molar-refractivity contribution in [2.24, 2.45) is 0 Å². The van der Waals surface area contributed by atoms with Crippen LogP contribution in [-0.2, 0) is 0 Å². The van der Waals surface area contributed by atoms with Crippen molar-refractivity contribution in [1.29, 1.82) is 0 Å². The number of aliphatic hydroxyl groups excluding tert-OH is 3. The largest absolute Gasteiger partial charge is 0.391 e. The molecule has 0 unspecified atom stereocenters. The van der Waals surface area contributed by atoms with Gasteiger partial charge in [-0.2, -0.15) is 0 Å². The fourth-order valence-corrected chi connectivity index (χ4v) is 2.07. The highest BCUT2D eigenvalue weighted by Crippen LogP contribution is 2.34. The van der Waals surface area contributed by atoms with Crippen molar-refractivity contribution in [2.75, 3.05) is 0 Å². The summed E-state index contributed by atoms with van der Waals surface area (Å²) in [6.07, 6.45) is -2.47. The first kappa shape index (κ1) is 8.40. The van der Waals surface area contributed by atoms with Gasteiger partial charge in [0.05, 0.1) is 12.2 Å². The third-order valence-corrected chi connectivity index (χ3v) is 2.77. The third-order valence-electron chi connectivity index (χ3n) is 2.77. The van der Waals surface area contributed by atoms with Gasteiger partial charge in [-0.05, 0) is 6.42 Å². The van der Waals surface area contributed by atoms with E-state index >= 15 is 0 Å². The summed E-state index contributed by atoms with van der Waals surface area (Å²) in [7, 11) is 0. The van der Waals surface area contributed by atoms with Crippen LogP contribution in [0.2, 0.25) is 0 Å². The lowest BCUT2D eigenvalue weighted by Crippen LogP contribution is -2.61. The van der Waals surface area contributed by atoms with Crippen LogP contribution in [0.1, 0.15) is 12.8 Å². The van der Waals surface area contributed by atoms with E-state index in [2.05, 4.69) is 5.32 Å². The van der Waals surface area contributed by atoms with E-state index in [1.165, 1.54) is 0 Å². The number of aliphatic hydroxyl groups is 4. The Labute approximate surface area is 69.6 Å². The molecule has 0 aromatic heterocycles. The van der Waals surface area contributed by atoms with Gasteiger partial charge in [0.25, 0.3) is 0 Å². The van der Waals surface area contributed by atoms with Crippen LogP contribution in [0.25, 0.3) is 0 Å². The molecule has 2 rings (SSSR count). The van der Waals surface area contributed by atoms with Crippen LogP contribution < -0.4 is 5.32 Å². The maximum atomic E-state index is 9.65. The first-order valence-electron chi connectivity index (χ1n) is 4.07. The molecule has 2 heterocycles. The fraction of sp³-hybridized carbons (Fsp3) is 1.00. The van der Waals surface area contributed by atoms with E-state index in [0.29, 0.717) is 0 Å². The van der Waals surface area contributed by atoms with E-state index in [1.54, 1.807) is 0 Å². The molecule has 5 nitrogen and oxygen atoms in total. The molecule has 5 atom stereocenters. The maximum Gasteiger partial charge on any atom is 0.147 e. The van der Waals surface area contributed by atoms with E-state index in [-0.39, 0.29) is 18.9 Å². The zero-order valence-electron chi connectivity index (χ0n) is 6.51. The quantitative estimate of drug-likeness (QED) is 0.281. The maximum absolute atomic E-state index is 9.65. The lowest BCUT2D eigenvalue weighted by Gasteiger charge is -2.37. The highest BCUT2D eigenvalue weighted by atomic mass is 16.4. The molecule has 2 aliphatic heterocycles. The molecule has 0 aromatic rings. The lowest BCUT2D eigenvalue weighted by atomic mass is 9.96. The zero-order chi connectivity index (χ0) is 8.93. The van der Waals surface area contributed by atoms with Gasteiger partial charge in [0.15, 0.2) is 0 Å². The minimum Gasteiger partial charge on any atom is -0.391 e. The molecule has 0 aromatic carbocycles. The number of piperidine rings is 1. The average Bonchev–Trinajstić information content (AvgIpc) is 2.22. The zero-order valence-corrected chi connectivity index (χ0v) is 6.51. The van der Waals surface area contributed by atoms with Crippen LogP contribution in [0.15, 0.2) is 0 Å². The van der Waals surface area contributed by atoms with Crippen molar-refractivity contribution in [2.45, 2.75) is 42.9 Å². The van der Waals surface area contributed by atoms with Gasteiger partial charge in [0.1, 0.15) is 11.8 Å². The van der Waals surface area contributed by atoms with E-state index in [4.69, 9.17) is 0 Å². The number of hydrogen-bond donors (Lipinski definition) is 5. The minimum atomic E-state index is -1.50. The molecule has 0 radical (unpaired) electrons. The summed E-state index contributed by atoms with van der Waals surface area (Å²) in [5.41, 5.74) is -1.50. The predicted octanol–water partition coefficient (Wildman–Crippen LogP) is -2.48. The molecule has 0 saturated carbocycles. The van der Waals surface area contributed by atoms with Gasteiger partial charge in [0, 0.05) is 12.5 Å². The van der Waals surface area contributed by atoms with Crippen molar-refractivity contribution in [1.82, 2.24) is 5.32 Å². The number of nitrogens with one attached hydrogen (secondary N) is 1. The predicted molar refractivity (Wildman–Crippen MR) is 39.1 cm³/mol. The van der Waals surface area contributed by atoms with Gasteiger partial charge in [-0.3, -0.25) is 5.32 Å². The highest BCUT2D eigenvalue weighted by molar-refractivity contribution is 5.07. The van der Waals surface area contributed by atoms with Crippen molar-refractivity contribution >= 4 is 0 Å². The molecule has 70 valence electrons. The average molecular weight is 175 g/mol. The Hall–Kier alpha value is -0.200. The van der Waals surface area contributed by atoms with Crippen molar-refractivity contribution in [3.63, 3.8) is 0 Å². The molecule has 2 fully saturated rings. The summed E-state index contributed by atoms with van der Waals surface area (Å²) < 4.78 is 0. The molecule has 12 heavy (non-hydrogen) atoms. The van der Waals surface area contributed by atoms with Crippen molar-refractivity contribution in [3.8, 4) is 0 Å². The Morgan fingerprint density at radius 3 is 2.50 bits per heavy atom. The monoisotopic (exact) mass is 175 g/mol. The van der Waals surface area contributed by atoms with Gasteiger partial charge in [0.2, 0.25) is 0 Å². The van der Waals surface area contributed by atoms with Crippen LogP contribution in [0, 0.1) is 0 Å². The molecule has 2 saturated heterocycles. The molecule has 5 heteroatoms. The summed E-state index contributed by atoms with van der Waals surface area (Å²) in [5.74, 6) is 0. The summed E-state index contributed by atoms with van der Waals surface area (Å²) in [6.45, 7) is 0. The minimum absolute atomic E-state index is 0.0793. The van der Waals surface area contributed by atoms with Crippen LogP contribution in [0.5, 0.6) is 0 Å². The van der Waals surface area contributed by atoms with Crippen LogP contribution in [0.4, 0.5) is 0 Å².